The van der Waals surface area contributed by atoms with Gasteiger partial charge in [-0.2, -0.15) is 0 Å². The number of amides is 2. The Kier molecular flexibility index (Phi) is 9.79. The summed E-state index contributed by atoms with van der Waals surface area (Å²) in [6.45, 7) is 4.78. The highest BCUT2D eigenvalue weighted by molar-refractivity contribution is 6.32. The Bertz CT molecular complexity index is 1510. The predicted octanol–water partition coefficient (Wildman–Crippen LogP) is 5.14. The summed E-state index contributed by atoms with van der Waals surface area (Å²) in [5, 5.41) is 0.489. The van der Waals surface area contributed by atoms with E-state index in [1.54, 1.807) is 19.2 Å². The highest BCUT2D eigenvalue weighted by Crippen LogP contribution is 2.47. The minimum Gasteiger partial charge on any atom is -0.495 e. The molecular formula is C35H42ClN3O6. The third kappa shape index (κ3) is 6.03. The Morgan fingerprint density at radius 1 is 0.889 bits per heavy atom. The van der Waals surface area contributed by atoms with Crippen LogP contribution in [0.4, 0.5) is 0 Å². The van der Waals surface area contributed by atoms with Crippen molar-refractivity contribution in [3.8, 4) is 23.0 Å². The molecule has 9 nitrogen and oxygen atoms in total. The Morgan fingerprint density at radius 3 is 2.13 bits per heavy atom. The third-order valence-electron chi connectivity index (χ3n) is 9.79. The lowest BCUT2D eigenvalue weighted by molar-refractivity contribution is -0.126. The smallest absolute Gasteiger partial charge is 0.254 e. The van der Waals surface area contributed by atoms with Crippen LogP contribution in [0.2, 0.25) is 5.02 Å². The van der Waals surface area contributed by atoms with Gasteiger partial charge in [0.05, 0.1) is 38.9 Å². The molecule has 2 amide bonds. The molecule has 2 aliphatic rings. The average Bonchev–Trinajstić information content (AvgIpc) is 3.57. The number of piperidine rings is 1. The van der Waals surface area contributed by atoms with Gasteiger partial charge in [-0.05, 0) is 67.6 Å². The molecule has 0 radical (unpaired) electrons. The fourth-order valence-corrected chi connectivity index (χ4v) is 7.47. The summed E-state index contributed by atoms with van der Waals surface area (Å²) in [6.07, 6.45) is 1.43. The van der Waals surface area contributed by atoms with E-state index < -0.39 is 5.41 Å². The topological polar surface area (TPSA) is 104 Å². The fourth-order valence-electron chi connectivity index (χ4n) is 7.20. The first kappa shape index (κ1) is 32.4. The van der Waals surface area contributed by atoms with Crippen LogP contribution in [0.25, 0.3) is 0 Å². The number of halogens is 1. The summed E-state index contributed by atoms with van der Waals surface area (Å²) in [5.41, 5.74) is 7.71. The van der Waals surface area contributed by atoms with Crippen molar-refractivity contribution in [1.29, 1.82) is 0 Å². The minimum atomic E-state index is -0.903. The lowest BCUT2D eigenvalue weighted by atomic mass is 9.62. The average molecular weight is 636 g/mol. The van der Waals surface area contributed by atoms with Crippen LogP contribution in [0.5, 0.6) is 23.0 Å². The highest BCUT2D eigenvalue weighted by atomic mass is 35.5. The van der Waals surface area contributed by atoms with Crippen molar-refractivity contribution in [2.75, 3.05) is 54.6 Å². The summed E-state index contributed by atoms with van der Waals surface area (Å²) in [6, 6.07) is 19.1. The number of carbonyl (C=O) groups is 2. The second-order valence-electron chi connectivity index (χ2n) is 11.8. The van der Waals surface area contributed by atoms with Crippen LogP contribution in [0, 0.1) is 5.92 Å². The Balaban J connectivity index is 1.40. The number of ether oxygens (including phenoxy) is 4. The molecule has 4 atom stereocenters. The van der Waals surface area contributed by atoms with Gasteiger partial charge in [0.1, 0.15) is 5.75 Å². The van der Waals surface area contributed by atoms with Crippen LogP contribution < -0.4 is 24.7 Å². The Morgan fingerprint density at radius 2 is 1.56 bits per heavy atom. The number of hydrogen-bond acceptors (Lipinski definition) is 7. The molecule has 2 fully saturated rings. The molecule has 240 valence electrons. The standard InChI is InChI=1S/C35H42ClN3O6/c1-22(24-13-15-39(20-24)33(40)25-18-30(43-3)32(45-5)31(19-25)44-4)38-16-14-35(34(37)41,26-9-7-6-8-10-26)27(21-38)23-11-12-29(42-2)28(36)17-23/h6-12,17-19,22,24,27H,13-16,20-21H2,1-5H3,(H2,37,41). The zero-order chi connectivity index (χ0) is 32.3. The maximum absolute atomic E-state index is 13.7. The number of primary amides is 1. The van der Waals surface area contributed by atoms with Gasteiger partial charge >= 0.3 is 0 Å². The van der Waals surface area contributed by atoms with Gasteiger partial charge in [0.2, 0.25) is 11.7 Å². The molecule has 5 rings (SSSR count). The van der Waals surface area contributed by atoms with E-state index in [1.165, 1.54) is 21.3 Å². The first-order valence-corrected chi connectivity index (χ1v) is 15.6. The van der Waals surface area contributed by atoms with Gasteiger partial charge in [-0.3, -0.25) is 14.5 Å². The number of methoxy groups -OCH3 is 4. The largest absolute Gasteiger partial charge is 0.495 e. The molecule has 0 aliphatic carbocycles. The summed E-state index contributed by atoms with van der Waals surface area (Å²) < 4.78 is 21.8. The molecule has 10 heteroatoms. The van der Waals surface area contributed by atoms with Crippen molar-refractivity contribution in [3.63, 3.8) is 0 Å². The van der Waals surface area contributed by atoms with Crippen LogP contribution in [-0.4, -0.2) is 82.3 Å². The predicted molar refractivity (Wildman–Crippen MR) is 174 cm³/mol. The number of carbonyl (C=O) groups excluding carboxylic acids is 2. The third-order valence-corrected chi connectivity index (χ3v) is 10.1. The fraction of sp³-hybridized carbons (Fsp3) is 0.429. The molecule has 3 aromatic carbocycles. The van der Waals surface area contributed by atoms with Crippen molar-refractivity contribution in [2.24, 2.45) is 11.7 Å². The van der Waals surface area contributed by atoms with Gasteiger partial charge in [0.25, 0.3) is 5.91 Å². The molecule has 0 bridgehead atoms. The maximum atomic E-state index is 13.7. The molecule has 0 saturated carbocycles. The summed E-state index contributed by atoms with van der Waals surface area (Å²) >= 11 is 6.61. The highest BCUT2D eigenvalue weighted by Gasteiger charge is 2.51. The van der Waals surface area contributed by atoms with Gasteiger partial charge in [-0.25, -0.2) is 0 Å². The molecule has 0 aromatic heterocycles. The number of rotatable bonds is 10. The van der Waals surface area contributed by atoms with Crippen LogP contribution in [0.15, 0.2) is 60.7 Å². The molecule has 45 heavy (non-hydrogen) atoms. The summed E-state index contributed by atoms with van der Waals surface area (Å²) in [7, 11) is 6.20. The van der Waals surface area contributed by atoms with Crippen molar-refractivity contribution < 1.29 is 28.5 Å². The van der Waals surface area contributed by atoms with E-state index in [0.717, 1.165) is 17.5 Å². The molecule has 2 N–H and O–H groups in total. The zero-order valence-electron chi connectivity index (χ0n) is 26.5. The molecule has 2 saturated heterocycles. The summed E-state index contributed by atoms with van der Waals surface area (Å²) in [5.74, 6) is 1.49. The molecule has 0 spiro atoms. The van der Waals surface area contributed by atoms with Crippen molar-refractivity contribution in [2.45, 2.75) is 37.1 Å². The van der Waals surface area contributed by atoms with Crippen LogP contribution >= 0.6 is 11.6 Å². The number of hydrogen-bond donors (Lipinski definition) is 1. The first-order chi connectivity index (χ1) is 21.7. The van der Waals surface area contributed by atoms with E-state index >= 15 is 0 Å². The molecular weight excluding hydrogens is 594 g/mol. The minimum absolute atomic E-state index is 0.0785. The normalized spacial score (nSPS) is 22.5. The quantitative estimate of drug-likeness (QED) is 0.329. The molecule has 2 heterocycles. The number of benzene rings is 3. The first-order valence-electron chi connectivity index (χ1n) is 15.2. The second kappa shape index (κ2) is 13.6. The van der Waals surface area contributed by atoms with Crippen molar-refractivity contribution in [1.82, 2.24) is 9.80 Å². The number of nitrogens with zero attached hydrogens (tertiary/aromatic N) is 2. The van der Waals surface area contributed by atoms with Crippen molar-refractivity contribution in [3.05, 3.63) is 82.4 Å². The lowest BCUT2D eigenvalue weighted by Crippen LogP contribution is -2.57. The van der Waals surface area contributed by atoms with E-state index in [9.17, 15) is 9.59 Å². The van der Waals surface area contributed by atoms with Crippen LogP contribution in [0.1, 0.15) is 47.2 Å². The SMILES string of the molecule is COc1ccc(C2CN(C(C)C3CCN(C(=O)c4cc(OC)c(OC)c(OC)c4)C3)CCC2(C(N)=O)c2ccccc2)cc1Cl. The number of nitrogens with two attached hydrogens (primary N) is 1. The second-order valence-corrected chi connectivity index (χ2v) is 12.3. The Hall–Kier alpha value is -3.95. The zero-order valence-corrected chi connectivity index (χ0v) is 27.3. The number of likely N-dealkylation sites (tertiary alicyclic amines) is 2. The maximum Gasteiger partial charge on any atom is 0.254 e. The van der Waals surface area contributed by atoms with E-state index in [0.29, 0.717) is 66.2 Å². The molecule has 4 unspecified atom stereocenters. The Labute approximate surface area is 270 Å². The van der Waals surface area contributed by atoms with E-state index in [-0.39, 0.29) is 29.7 Å². The van der Waals surface area contributed by atoms with Gasteiger partial charge in [0, 0.05) is 37.2 Å². The molecule has 2 aliphatic heterocycles. The molecule has 3 aromatic rings. The van der Waals surface area contributed by atoms with E-state index in [4.69, 9.17) is 36.3 Å². The van der Waals surface area contributed by atoms with Gasteiger partial charge in [0.15, 0.2) is 11.5 Å². The van der Waals surface area contributed by atoms with Gasteiger partial charge < -0.3 is 29.6 Å². The van der Waals surface area contributed by atoms with E-state index in [2.05, 4.69) is 11.8 Å². The summed E-state index contributed by atoms with van der Waals surface area (Å²) in [4.78, 5) is 31.4. The monoisotopic (exact) mass is 635 g/mol. The van der Waals surface area contributed by atoms with Crippen molar-refractivity contribution >= 4 is 23.4 Å². The lowest BCUT2D eigenvalue weighted by Gasteiger charge is -2.49. The van der Waals surface area contributed by atoms with E-state index in [1.807, 2.05) is 53.4 Å². The van der Waals surface area contributed by atoms with Gasteiger partial charge in [-0.1, -0.05) is 48.0 Å². The van der Waals surface area contributed by atoms with Crippen LogP contribution in [0.3, 0.4) is 0 Å². The van der Waals surface area contributed by atoms with Gasteiger partial charge in [-0.15, -0.1) is 0 Å². The van der Waals surface area contributed by atoms with Crippen LogP contribution in [-0.2, 0) is 10.2 Å².